The molecule has 1 aromatic carbocycles. The zero-order valence-electron chi connectivity index (χ0n) is 14.6. The lowest BCUT2D eigenvalue weighted by Crippen LogP contribution is -2.30. The Morgan fingerprint density at radius 2 is 1.85 bits per heavy atom. The molecule has 0 radical (unpaired) electrons. The molecule has 0 aliphatic rings. The highest BCUT2D eigenvalue weighted by Crippen LogP contribution is 2.30. The molecule has 1 amide bonds. The molecule has 0 fully saturated rings. The van der Waals surface area contributed by atoms with Crippen LogP contribution in [0.3, 0.4) is 0 Å². The van der Waals surface area contributed by atoms with Crippen molar-refractivity contribution in [1.82, 2.24) is 0 Å². The smallest absolute Gasteiger partial charge is 0.416 e. The Balaban J connectivity index is 2.10. The van der Waals surface area contributed by atoms with Crippen molar-refractivity contribution in [1.29, 1.82) is 0 Å². The normalized spacial score (nSPS) is 12.4. The molecule has 0 saturated heterocycles. The molecule has 27 heavy (non-hydrogen) atoms. The average Bonchev–Trinajstić information content (AvgIpc) is 2.53. The molecule has 1 heterocycles. The van der Waals surface area contributed by atoms with E-state index in [1.165, 1.54) is 26.8 Å². The second kappa shape index (κ2) is 7.65. The second-order valence-corrected chi connectivity index (χ2v) is 5.79. The van der Waals surface area contributed by atoms with Gasteiger partial charge in [-0.2, -0.15) is 13.2 Å². The van der Waals surface area contributed by atoms with Crippen LogP contribution in [0.1, 0.15) is 34.2 Å². The molecular weight excluding hydrogens is 367 g/mol. The lowest BCUT2D eigenvalue weighted by molar-refractivity contribution is -0.137. The highest BCUT2D eigenvalue weighted by Gasteiger charge is 2.30. The third-order valence-electron chi connectivity index (χ3n) is 3.65. The molecule has 1 N–H and O–H groups in total. The van der Waals surface area contributed by atoms with Crippen molar-refractivity contribution < 1.29 is 31.9 Å². The van der Waals surface area contributed by atoms with Crippen LogP contribution in [0.2, 0.25) is 0 Å². The fourth-order valence-corrected chi connectivity index (χ4v) is 2.35. The van der Waals surface area contributed by atoms with E-state index in [-0.39, 0.29) is 17.0 Å². The summed E-state index contributed by atoms with van der Waals surface area (Å²) >= 11 is 0. The predicted molar refractivity (Wildman–Crippen MR) is 89.4 cm³/mol. The summed E-state index contributed by atoms with van der Waals surface area (Å²) in [6.07, 6.45) is -5.84. The summed E-state index contributed by atoms with van der Waals surface area (Å²) in [5.74, 6) is -1.66. The molecule has 2 rings (SSSR count). The number of ether oxygens (including phenoxy) is 1. The van der Waals surface area contributed by atoms with E-state index >= 15 is 0 Å². The quantitative estimate of drug-likeness (QED) is 0.818. The fraction of sp³-hybridized carbons (Fsp3) is 0.278. The number of carbonyl (C=O) groups excluding carboxylic acids is 2. The van der Waals surface area contributed by atoms with Crippen LogP contribution in [0.25, 0.3) is 0 Å². The van der Waals surface area contributed by atoms with E-state index in [0.29, 0.717) is 5.56 Å². The Bertz CT molecular complexity index is 907. The van der Waals surface area contributed by atoms with Gasteiger partial charge in [-0.25, -0.2) is 9.59 Å². The molecule has 6 nitrogen and oxygen atoms in total. The minimum absolute atomic E-state index is 0.00770. The zero-order valence-corrected chi connectivity index (χ0v) is 14.6. The maximum Gasteiger partial charge on any atom is 0.416 e. The lowest BCUT2D eigenvalue weighted by atomic mass is 10.1. The van der Waals surface area contributed by atoms with Gasteiger partial charge < -0.3 is 14.5 Å². The van der Waals surface area contributed by atoms with E-state index in [1.54, 1.807) is 0 Å². The first-order valence-electron chi connectivity index (χ1n) is 7.79. The number of hydrogen-bond donors (Lipinski definition) is 1. The number of amides is 1. The monoisotopic (exact) mass is 383 g/mol. The van der Waals surface area contributed by atoms with Crippen LogP contribution in [-0.2, 0) is 15.7 Å². The number of aryl methyl sites for hydroxylation is 2. The van der Waals surface area contributed by atoms with Crippen molar-refractivity contribution in [2.45, 2.75) is 33.1 Å². The average molecular weight is 383 g/mol. The van der Waals surface area contributed by atoms with E-state index in [0.717, 1.165) is 24.3 Å². The summed E-state index contributed by atoms with van der Waals surface area (Å²) in [6, 6.07) is 5.17. The van der Waals surface area contributed by atoms with E-state index < -0.39 is 35.3 Å². The van der Waals surface area contributed by atoms with E-state index in [4.69, 9.17) is 9.15 Å². The summed E-state index contributed by atoms with van der Waals surface area (Å²) in [4.78, 5) is 35.6. The molecule has 1 atom stereocenters. The Hall–Kier alpha value is -3.10. The minimum atomic E-state index is -4.55. The van der Waals surface area contributed by atoms with Crippen molar-refractivity contribution >= 4 is 17.6 Å². The molecule has 2 aromatic rings. The van der Waals surface area contributed by atoms with Crippen molar-refractivity contribution in [2.24, 2.45) is 0 Å². The first kappa shape index (κ1) is 20.2. The number of nitrogens with one attached hydrogen (secondary N) is 1. The maximum absolute atomic E-state index is 12.7. The van der Waals surface area contributed by atoms with E-state index in [9.17, 15) is 27.6 Å². The highest BCUT2D eigenvalue weighted by molar-refractivity contribution is 5.98. The Labute approximate surface area is 151 Å². The van der Waals surface area contributed by atoms with Crippen LogP contribution in [-0.4, -0.2) is 18.0 Å². The van der Waals surface area contributed by atoms with Crippen LogP contribution in [0.5, 0.6) is 0 Å². The standard InChI is InChI=1S/C18H16F3NO5/c1-9-7-14(23)26-10(2)15(9)17(25)27-11(3)16(24)22-13-6-4-5-12(8-13)18(19,20)21/h4-8,11H,1-3H3,(H,22,24). The highest BCUT2D eigenvalue weighted by atomic mass is 19.4. The van der Waals surface area contributed by atoms with Gasteiger partial charge in [-0.15, -0.1) is 0 Å². The van der Waals surface area contributed by atoms with Gasteiger partial charge in [-0.1, -0.05) is 6.07 Å². The topological polar surface area (TPSA) is 85.6 Å². The summed E-state index contributed by atoms with van der Waals surface area (Å²) in [6.45, 7) is 4.18. The van der Waals surface area contributed by atoms with Crippen molar-refractivity contribution in [2.75, 3.05) is 5.32 Å². The first-order chi connectivity index (χ1) is 12.5. The zero-order chi connectivity index (χ0) is 20.4. The van der Waals surface area contributed by atoms with Crippen LogP contribution < -0.4 is 10.9 Å². The molecule has 0 aliphatic carbocycles. The number of anilines is 1. The molecular formula is C18H16F3NO5. The summed E-state index contributed by atoms with van der Waals surface area (Å²) in [5, 5.41) is 2.26. The number of carbonyl (C=O) groups is 2. The van der Waals surface area contributed by atoms with Gasteiger partial charge in [0.05, 0.1) is 5.56 Å². The summed E-state index contributed by atoms with van der Waals surface area (Å²) < 4.78 is 48.0. The van der Waals surface area contributed by atoms with Crippen LogP contribution in [0.4, 0.5) is 18.9 Å². The van der Waals surface area contributed by atoms with Crippen LogP contribution in [0.15, 0.2) is 39.5 Å². The van der Waals surface area contributed by atoms with Crippen molar-refractivity contribution in [3.05, 3.63) is 63.2 Å². The first-order valence-corrected chi connectivity index (χ1v) is 7.79. The number of hydrogen-bond acceptors (Lipinski definition) is 5. The molecule has 1 aromatic heterocycles. The molecule has 0 saturated carbocycles. The van der Waals surface area contributed by atoms with E-state index in [1.807, 2.05) is 0 Å². The Morgan fingerprint density at radius 1 is 1.19 bits per heavy atom. The Kier molecular flexibility index (Phi) is 5.72. The second-order valence-electron chi connectivity index (χ2n) is 5.79. The van der Waals surface area contributed by atoms with Gasteiger partial charge in [0, 0.05) is 11.8 Å². The lowest BCUT2D eigenvalue weighted by Gasteiger charge is -2.15. The minimum Gasteiger partial charge on any atom is -0.449 e. The SMILES string of the molecule is Cc1cc(=O)oc(C)c1C(=O)OC(C)C(=O)Nc1cccc(C(F)(F)F)c1. The maximum atomic E-state index is 12.7. The number of benzene rings is 1. The van der Waals surface area contributed by atoms with Crippen molar-refractivity contribution in [3.8, 4) is 0 Å². The fourth-order valence-electron chi connectivity index (χ4n) is 2.35. The molecule has 1 unspecified atom stereocenters. The molecule has 0 bridgehead atoms. The third kappa shape index (κ3) is 4.96. The van der Waals surface area contributed by atoms with Gasteiger partial charge in [-0.05, 0) is 44.5 Å². The van der Waals surface area contributed by atoms with Crippen LogP contribution >= 0.6 is 0 Å². The number of esters is 1. The van der Waals surface area contributed by atoms with Gasteiger partial charge in [0.15, 0.2) is 6.10 Å². The largest absolute Gasteiger partial charge is 0.449 e. The van der Waals surface area contributed by atoms with Crippen LogP contribution in [0, 0.1) is 13.8 Å². The van der Waals surface area contributed by atoms with Gasteiger partial charge >= 0.3 is 17.8 Å². The summed E-state index contributed by atoms with van der Waals surface area (Å²) in [5.41, 5.74) is -1.31. The molecule has 0 aliphatic heterocycles. The Morgan fingerprint density at radius 3 is 2.44 bits per heavy atom. The van der Waals surface area contributed by atoms with Gasteiger partial charge in [0.2, 0.25) is 0 Å². The molecule has 9 heteroatoms. The molecule has 144 valence electrons. The number of alkyl halides is 3. The molecule has 0 spiro atoms. The van der Waals surface area contributed by atoms with Gasteiger partial charge in [0.25, 0.3) is 5.91 Å². The van der Waals surface area contributed by atoms with Gasteiger partial charge in [0.1, 0.15) is 11.3 Å². The third-order valence-corrected chi connectivity index (χ3v) is 3.65. The number of halogens is 3. The van der Waals surface area contributed by atoms with Crippen molar-refractivity contribution in [3.63, 3.8) is 0 Å². The van der Waals surface area contributed by atoms with Gasteiger partial charge in [-0.3, -0.25) is 4.79 Å². The predicted octanol–water partition coefficient (Wildman–Crippen LogP) is 3.46. The number of rotatable bonds is 4. The summed E-state index contributed by atoms with van der Waals surface area (Å²) in [7, 11) is 0. The van der Waals surface area contributed by atoms with E-state index in [2.05, 4.69) is 5.32 Å².